The smallest absolute Gasteiger partial charge is 0.437 e. The van der Waals surface area contributed by atoms with Gasteiger partial charge in [-0.15, -0.1) is 4.99 Å². The number of ether oxygens (including phenoxy) is 3. The van der Waals surface area contributed by atoms with E-state index in [9.17, 15) is 14.7 Å². The first-order chi connectivity index (χ1) is 22.1. The van der Waals surface area contributed by atoms with Crippen molar-refractivity contribution in [3.63, 3.8) is 0 Å². The normalized spacial score (nSPS) is 17.0. The van der Waals surface area contributed by atoms with Crippen molar-refractivity contribution in [3.05, 3.63) is 65.0 Å². The molecule has 1 saturated heterocycles. The summed E-state index contributed by atoms with van der Waals surface area (Å²) in [7, 11) is 0. The van der Waals surface area contributed by atoms with Crippen LogP contribution in [0.5, 0.6) is 5.75 Å². The molecule has 1 aromatic heterocycles. The van der Waals surface area contributed by atoms with Crippen LogP contribution >= 0.6 is 0 Å². The fourth-order valence-electron chi connectivity index (χ4n) is 5.03. The number of aliphatic hydroxyl groups excluding tert-OH is 1. The average molecular weight is 650 g/mol. The van der Waals surface area contributed by atoms with Gasteiger partial charge >= 0.3 is 12.2 Å². The minimum absolute atomic E-state index is 0.0967. The Bertz CT molecular complexity index is 1550. The third-order valence-electron chi connectivity index (χ3n) is 7.21. The summed E-state index contributed by atoms with van der Waals surface area (Å²) in [5.41, 5.74) is 2.60. The molecule has 254 valence electrons. The van der Waals surface area contributed by atoms with E-state index < -0.39 is 35.5 Å². The molecule has 0 spiro atoms. The summed E-state index contributed by atoms with van der Waals surface area (Å²) in [5.74, 6) is 1.03. The lowest BCUT2D eigenvalue weighted by molar-refractivity contribution is 0.0546. The van der Waals surface area contributed by atoms with Gasteiger partial charge in [0.05, 0.1) is 12.7 Å². The number of amides is 2. The molecule has 0 bridgehead atoms. The predicted octanol–water partition coefficient (Wildman–Crippen LogP) is 6.68. The number of unbranched alkanes of at least 4 members (excludes halogenated alkanes) is 1. The number of nitrogens with zero attached hydrogens (tertiary/aromatic N) is 4. The first-order valence-corrected chi connectivity index (χ1v) is 16.0. The second kappa shape index (κ2) is 15.0. The van der Waals surface area contributed by atoms with E-state index in [1.165, 1.54) is 16.0 Å². The highest BCUT2D eigenvalue weighted by atomic mass is 16.6. The van der Waals surface area contributed by atoms with Gasteiger partial charge in [0.15, 0.2) is 0 Å². The molecule has 0 unspecified atom stereocenters. The van der Waals surface area contributed by atoms with Gasteiger partial charge < -0.3 is 28.7 Å². The van der Waals surface area contributed by atoms with E-state index in [0.29, 0.717) is 24.4 Å². The fraction of sp³-hybridized carbons (Fsp3) is 0.514. The molecule has 2 atom stereocenters. The van der Waals surface area contributed by atoms with Gasteiger partial charge in [-0.25, -0.2) is 9.59 Å². The van der Waals surface area contributed by atoms with Crippen LogP contribution < -0.4 is 10.1 Å². The minimum atomic E-state index is -0.948. The number of alkyl carbamates (subject to hydrolysis) is 1. The molecular weight excluding hydrogens is 602 g/mol. The number of aromatic nitrogens is 2. The topological polar surface area (TPSA) is 149 Å². The van der Waals surface area contributed by atoms with Crippen LogP contribution in [0.3, 0.4) is 0 Å². The molecule has 2 aromatic carbocycles. The van der Waals surface area contributed by atoms with E-state index in [0.717, 1.165) is 30.6 Å². The van der Waals surface area contributed by atoms with E-state index in [1.807, 2.05) is 25.1 Å². The maximum absolute atomic E-state index is 12.7. The molecule has 0 saturated carbocycles. The number of nitrogens with one attached hydrogen (secondary N) is 1. The Morgan fingerprint density at radius 1 is 1.02 bits per heavy atom. The molecule has 12 heteroatoms. The van der Waals surface area contributed by atoms with Crippen LogP contribution in [0.2, 0.25) is 0 Å². The van der Waals surface area contributed by atoms with Gasteiger partial charge in [-0.05, 0) is 110 Å². The first-order valence-electron chi connectivity index (χ1n) is 16.0. The lowest BCUT2D eigenvalue weighted by Gasteiger charge is -2.28. The van der Waals surface area contributed by atoms with Crippen LogP contribution in [-0.2, 0) is 15.9 Å². The van der Waals surface area contributed by atoms with Gasteiger partial charge in [0.2, 0.25) is 11.8 Å². The Kier molecular flexibility index (Phi) is 11.3. The molecular formula is C35H47N5O7. The van der Waals surface area contributed by atoms with Crippen molar-refractivity contribution >= 4 is 18.1 Å². The van der Waals surface area contributed by atoms with Crippen molar-refractivity contribution in [1.82, 2.24) is 20.4 Å². The summed E-state index contributed by atoms with van der Waals surface area (Å²) in [6.07, 6.45) is 0.589. The minimum Gasteiger partial charge on any atom is -0.493 e. The molecule has 47 heavy (non-hydrogen) atoms. The second-order valence-electron chi connectivity index (χ2n) is 13.8. The molecule has 1 aliphatic heterocycles. The standard InChI is InChI=1S/C35H47N5O7/c1-22-12-14-24(15-13-22)11-9-10-20-44-27-17-16-25(21-23(27)2)29-36-30(47-39-29)28-26(41)18-19-40(28)31(37-32(42)45-34(3,4)5)38-33(43)46-35(6,7)8/h12-17,21,26,28,41H,9-11,18-20H2,1-8H3,(H,37,38,42,43)/t26-,28-/m0/s1. The summed E-state index contributed by atoms with van der Waals surface area (Å²) in [4.78, 5) is 35.5. The van der Waals surface area contributed by atoms with Crippen molar-refractivity contribution in [2.75, 3.05) is 13.2 Å². The van der Waals surface area contributed by atoms with Gasteiger partial charge in [0.1, 0.15) is 23.0 Å². The van der Waals surface area contributed by atoms with Gasteiger partial charge in [-0.3, -0.25) is 5.32 Å². The molecule has 1 aliphatic rings. The molecule has 0 aliphatic carbocycles. The zero-order valence-corrected chi connectivity index (χ0v) is 28.6. The zero-order valence-electron chi connectivity index (χ0n) is 28.6. The number of rotatable bonds is 8. The van der Waals surface area contributed by atoms with Crippen LogP contribution in [0.25, 0.3) is 11.4 Å². The number of likely N-dealkylation sites (tertiary alicyclic amines) is 1. The largest absolute Gasteiger partial charge is 0.493 e. The van der Waals surface area contributed by atoms with Crippen LogP contribution in [0.15, 0.2) is 52.0 Å². The summed E-state index contributed by atoms with van der Waals surface area (Å²) in [5, 5.41) is 17.7. The number of carbonyl (C=O) groups excluding carboxylic acids is 2. The molecule has 2 heterocycles. The monoisotopic (exact) mass is 649 g/mol. The van der Waals surface area contributed by atoms with Gasteiger partial charge in [-0.2, -0.15) is 4.98 Å². The van der Waals surface area contributed by atoms with Crippen LogP contribution in [0.1, 0.15) is 89.4 Å². The second-order valence-corrected chi connectivity index (χ2v) is 13.8. The number of aryl methyl sites for hydroxylation is 3. The Morgan fingerprint density at radius 2 is 1.72 bits per heavy atom. The number of aliphatic imine (C=N–C) groups is 1. The zero-order chi connectivity index (χ0) is 34.4. The summed E-state index contributed by atoms with van der Waals surface area (Å²) >= 11 is 0. The molecule has 2 N–H and O–H groups in total. The van der Waals surface area contributed by atoms with E-state index in [2.05, 4.69) is 51.6 Å². The summed E-state index contributed by atoms with van der Waals surface area (Å²) < 4.78 is 22.4. The van der Waals surface area contributed by atoms with E-state index in [1.54, 1.807) is 41.5 Å². The van der Waals surface area contributed by atoms with Crippen molar-refractivity contribution in [3.8, 4) is 17.1 Å². The number of benzene rings is 2. The number of aliphatic hydroxyl groups is 1. The van der Waals surface area contributed by atoms with Gasteiger partial charge in [-0.1, -0.05) is 35.0 Å². The SMILES string of the molecule is Cc1ccc(CCCCOc2ccc(-c3noc([C@@H]4[C@@H](O)CCN4/C(=N/C(=O)OC(C)(C)C)NC(=O)OC(C)(C)C)n3)cc2C)cc1. The van der Waals surface area contributed by atoms with Crippen molar-refractivity contribution < 1.29 is 33.4 Å². The van der Waals surface area contributed by atoms with Crippen molar-refractivity contribution in [2.24, 2.45) is 4.99 Å². The third kappa shape index (κ3) is 10.5. The lowest BCUT2D eigenvalue weighted by atomic mass is 10.1. The van der Waals surface area contributed by atoms with Gasteiger partial charge in [0, 0.05) is 12.1 Å². The predicted molar refractivity (Wildman–Crippen MR) is 177 cm³/mol. The molecule has 1 fully saturated rings. The van der Waals surface area contributed by atoms with E-state index >= 15 is 0 Å². The molecule has 0 radical (unpaired) electrons. The van der Waals surface area contributed by atoms with Crippen molar-refractivity contribution in [1.29, 1.82) is 0 Å². The molecule has 12 nitrogen and oxygen atoms in total. The number of carbonyl (C=O) groups is 2. The first kappa shape index (κ1) is 35.4. The number of hydrogen-bond acceptors (Lipinski definition) is 9. The highest BCUT2D eigenvalue weighted by molar-refractivity contribution is 5.99. The highest BCUT2D eigenvalue weighted by Gasteiger charge is 2.41. The van der Waals surface area contributed by atoms with Crippen molar-refractivity contribution in [2.45, 2.75) is 104 Å². The Labute approximate surface area is 276 Å². The lowest BCUT2D eigenvalue weighted by Crippen LogP contribution is -2.47. The Morgan fingerprint density at radius 3 is 2.38 bits per heavy atom. The summed E-state index contributed by atoms with van der Waals surface area (Å²) in [6.45, 7) is 15.2. The maximum Gasteiger partial charge on any atom is 0.437 e. The fourth-order valence-corrected chi connectivity index (χ4v) is 5.03. The van der Waals surface area contributed by atoms with E-state index in [4.69, 9.17) is 18.7 Å². The van der Waals surface area contributed by atoms with Crippen LogP contribution in [0, 0.1) is 13.8 Å². The number of guanidine groups is 1. The van der Waals surface area contributed by atoms with Gasteiger partial charge in [0.25, 0.3) is 5.89 Å². The Balaban J connectivity index is 1.45. The average Bonchev–Trinajstić information content (AvgIpc) is 3.59. The summed E-state index contributed by atoms with van der Waals surface area (Å²) in [6, 6.07) is 13.4. The molecule has 3 aromatic rings. The van der Waals surface area contributed by atoms with Crippen LogP contribution in [-0.4, -0.2) is 68.8 Å². The van der Waals surface area contributed by atoms with Crippen LogP contribution in [0.4, 0.5) is 9.59 Å². The third-order valence-corrected chi connectivity index (χ3v) is 7.21. The Hall–Kier alpha value is -4.45. The quantitative estimate of drug-likeness (QED) is 0.154. The highest BCUT2D eigenvalue weighted by Crippen LogP contribution is 2.33. The molecule has 4 rings (SSSR count). The maximum atomic E-state index is 12.7. The van der Waals surface area contributed by atoms with E-state index in [-0.39, 0.29) is 18.4 Å². The molecule has 2 amide bonds. The number of hydrogen-bond donors (Lipinski definition) is 2.